The second kappa shape index (κ2) is 8.36. The second-order valence-electron chi connectivity index (χ2n) is 5.32. The van der Waals surface area contributed by atoms with Crippen molar-refractivity contribution in [2.75, 3.05) is 0 Å². The Morgan fingerprint density at radius 2 is 1.24 bits per heavy atom. The molecule has 0 unspecified atom stereocenters. The molecule has 124 valence electrons. The molecule has 0 aliphatic rings. The molecule has 25 heavy (non-hydrogen) atoms. The van der Waals surface area contributed by atoms with E-state index in [1.165, 1.54) is 20.8 Å². The molecule has 3 rings (SSSR count). The standard InChI is InChI=1S/C22H19O2S/c1-2-9-22(23)24-18-14-16-21(17-15-18)25(19-10-5-3-6-11-19)20-12-7-4-8-13-20/h2-17H,1H3/q+1/b9-2+. The van der Waals surface area contributed by atoms with E-state index in [1.54, 1.807) is 13.0 Å². The summed E-state index contributed by atoms with van der Waals surface area (Å²) < 4.78 is 5.28. The van der Waals surface area contributed by atoms with Crippen LogP contribution in [0.5, 0.6) is 5.75 Å². The van der Waals surface area contributed by atoms with Crippen molar-refractivity contribution in [1.82, 2.24) is 0 Å². The number of carbonyl (C=O) groups is 1. The number of hydrogen-bond donors (Lipinski definition) is 0. The Kier molecular flexibility index (Phi) is 5.70. The zero-order valence-corrected chi connectivity index (χ0v) is 14.8. The van der Waals surface area contributed by atoms with Crippen LogP contribution in [0.15, 0.2) is 112 Å². The van der Waals surface area contributed by atoms with E-state index in [0.717, 1.165) is 0 Å². The maximum absolute atomic E-state index is 11.6. The smallest absolute Gasteiger partial charge is 0.335 e. The lowest BCUT2D eigenvalue weighted by Crippen LogP contribution is -2.06. The minimum atomic E-state index is -0.361. The monoisotopic (exact) mass is 347 g/mol. The molecule has 0 aromatic heterocycles. The summed E-state index contributed by atoms with van der Waals surface area (Å²) in [4.78, 5) is 15.3. The van der Waals surface area contributed by atoms with Gasteiger partial charge in [-0.2, -0.15) is 0 Å². The summed E-state index contributed by atoms with van der Waals surface area (Å²) in [6.07, 6.45) is 3.07. The van der Waals surface area contributed by atoms with Gasteiger partial charge in [-0.25, -0.2) is 4.79 Å². The summed E-state index contributed by atoms with van der Waals surface area (Å²) in [5.74, 6) is 0.192. The van der Waals surface area contributed by atoms with Crippen LogP contribution in [0.2, 0.25) is 0 Å². The second-order valence-corrected chi connectivity index (χ2v) is 7.35. The van der Waals surface area contributed by atoms with E-state index in [4.69, 9.17) is 4.74 Å². The van der Waals surface area contributed by atoms with Gasteiger partial charge in [0.25, 0.3) is 0 Å². The first-order valence-corrected chi connectivity index (χ1v) is 9.29. The third kappa shape index (κ3) is 4.40. The van der Waals surface area contributed by atoms with Crippen LogP contribution >= 0.6 is 0 Å². The molecule has 0 amide bonds. The molecule has 0 N–H and O–H groups in total. The van der Waals surface area contributed by atoms with Crippen LogP contribution in [-0.4, -0.2) is 5.97 Å². The summed E-state index contributed by atoms with van der Waals surface area (Å²) in [7, 11) is -0.193. The molecule has 0 atom stereocenters. The summed E-state index contributed by atoms with van der Waals surface area (Å²) in [6.45, 7) is 1.79. The molecular formula is C22H19O2S+. The van der Waals surface area contributed by atoms with Crippen molar-refractivity contribution in [3.05, 3.63) is 97.1 Å². The van der Waals surface area contributed by atoms with Gasteiger partial charge >= 0.3 is 5.97 Å². The number of hydrogen-bond acceptors (Lipinski definition) is 2. The zero-order chi connectivity index (χ0) is 17.5. The first-order valence-electron chi connectivity index (χ1n) is 8.07. The van der Waals surface area contributed by atoms with Crippen molar-refractivity contribution in [3.8, 4) is 5.75 Å². The minimum absolute atomic E-state index is 0.193. The predicted molar refractivity (Wildman–Crippen MR) is 102 cm³/mol. The van der Waals surface area contributed by atoms with Crippen molar-refractivity contribution < 1.29 is 9.53 Å². The molecule has 0 saturated heterocycles. The minimum Gasteiger partial charge on any atom is -0.423 e. The van der Waals surface area contributed by atoms with Crippen LogP contribution in [0.3, 0.4) is 0 Å². The highest BCUT2D eigenvalue weighted by Gasteiger charge is 2.28. The maximum Gasteiger partial charge on any atom is 0.335 e. The maximum atomic E-state index is 11.6. The summed E-state index contributed by atoms with van der Waals surface area (Å²) in [5, 5.41) is 0. The number of ether oxygens (including phenoxy) is 1. The molecule has 3 aromatic carbocycles. The lowest BCUT2D eigenvalue weighted by molar-refractivity contribution is -0.129. The molecule has 0 aliphatic carbocycles. The quantitative estimate of drug-likeness (QED) is 0.272. The van der Waals surface area contributed by atoms with E-state index < -0.39 is 0 Å². The van der Waals surface area contributed by atoms with Gasteiger partial charge in [-0.05, 0) is 55.5 Å². The van der Waals surface area contributed by atoms with Crippen LogP contribution in [0.4, 0.5) is 0 Å². The van der Waals surface area contributed by atoms with Gasteiger partial charge in [-0.1, -0.05) is 42.5 Å². The average molecular weight is 347 g/mol. The van der Waals surface area contributed by atoms with E-state index in [2.05, 4.69) is 48.5 Å². The van der Waals surface area contributed by atoms with E-state index >= 15 is 0 Å². The van der Waals surface area contributed by atoms with Gasteiger partial charge in [0.15, 0.2) is 14.7 Å². The zero-order valence-electron chi connectivity index (χ0n) is 14.0. The number of benzene rings is 3. The van der Waals surface area contributed by atoms with E-state index in [1.807, 2.05) is 36.4 Å². The van der Waals surface area contributed by atoms with Gasteiger partial charge < -0.3 is 4.74 Å². The van der Waals surface area contributed by atoms with E-state index in [0.29, 0.717) is 5.75 Å². The van der Waals surface area contributed by atoms with Crippen molar-refractivity contribution in [3.63, 3.8) is 0 Å². The molecule has 0 fully saturated rings. The number of carbonyl (C=O) groups excluding carboxylic acids is 1. The van der Waals surface area contributed by atoms with Crippen LogP contribution in [0, 0.1) is 0 Å². The van der Waals surface area contributed by atoms with Gasteiger partial charge in [-0.15, -0.1) is 0 Å². The first-order chi connectivity index (χ1) is 12.3. The van der Waals surface area contributed by atoms with Crippen LogP contribution in [0.1, 0.15) is 6.92 Å². The number of rotatable bonds is 5. The van der Waals surface area contributed by atoms with Crippen LogP contribution < -0.4 is 4.74 Å². The Hall–Kier alpha value is -2.78. The molecule has 0 saturated carbocycles. The fraction of sp³-hybridized carbons (Fsp3) is 0.0455. The topological polar surface area (TPSA) is 26.3 Å². The average Bonchev–Trinajstić information content (AvgIpc) is 2.65. The van der Waals surface area contributed by atoms with Gasteiger partial charge in [0.05, 0.1) is 10.9 Å². The van der Waals surface area contributed by atoms with Crippen molar-refractivity contribution in [2.24, 2.45) is 0 Å². The molecule has 2 nitrogen and oxygen atoms in total. The van der Waals surface area contributed by atoms with E-state index in [9.17, 15) is 4.79 Å². The van der Waals surface area contributed by atoms with Crippen LogP contribution in [0.25, 0.3) is 0 Å². The summed E-state index contributed by atoms with van der Waals surface area (Å²) in [6, 6.07) is 28.7. The van der Waals surface area contributed by atoms with Gasteiger partial charge in [0.1, 0.15) is 5.75 Å². The van der Waals surface area contributed by atoms with Crippen LogP contribution in [-0.2, 0) is 15.7 Å². The Morgan fingerprint density at radius 3 is 1.72 bits per heavy atom. The molecule has 0 bridgehead atoms. The normalized spacial score (nSPS) is 11.0. The SMILES string of the molecule is C/C=C/C(=O)Oc1ccc([S+](c2ccccc2)c2ccccc2)cc1. The Labute approximate surface area is 151 Å². The van der Waals surface area contributed by atoms with Gasteiger partial charge in [-0.3, -0.25) is 0 Å². The van der Waals surface area contributed by atoms with Gasteiger partial charge in [0.2, 0.25) is 0 Å². The third-order valence-electron chi connectivity index (χ3n) is 3.54. The first kappa shape index (κ1) is 17.1. The fourth-order valence-corrected chi connectivity index (χ4v) is 4.53. The fourth-order valence-electron chi connectivity index (χ4n) is 2.45. The highest BCUT2D eigenvalue weighted by molar-refractivity contribution is 7.97. The molecule has 0 spiro atoms. The van der Waals surface area contributed by atoms with Crippen molar-refractivity contribution in [2.45, 2.75) is 21.6 Å². The lowest BCUT2D eigenvalue weighted by atomic mass is 10.3. The Balaban J connectivity index is 1.93. The molecule has 3 heteroatoms. The molecule has 0 aliphatic heterocycles. The third-order valence-corrected chi connectivity index (χ3v) is 5.77. The lowest BCUT2D eigenvalue weighted by Gasteiger charge is -2.08. The highest BCUT2D eigenvalue weighted by atomic mass is 32.2. The summed E-state index contributed by atoms with van der Waals surface area (Å²) >= 11 is 0. The molecular weight excluding hydrogens is 328 g/mol. The molecule has 0 heterocycles. The Morgan fingerprint density at radius 1 is 0.760 bits per heavy atom. The van der Waals surface area contributed by atoms with Crippen molar-refractivity contribution in [1.29, 1.82) is 0 Å². The van der Waals surface area contributed by atoms with E-state index in [-0.39, 0.29) is 16.9 Å². The number of allylic oxidation sites excluding steroid dienone is 1. The van der Waals surface area contributed by atoms with Gasteiger partial charge in [0, 0.05) is 6.08 Å². The predicted octanol–water partition coefficient (Wildman–Crippen LogP) is 5.26. The molecule has 3 aromatic rings. The summed E-state index contributed by atoms with van der Waals surface area (Å²) in [5.41, 5.74) is 0. The Bertz CT molecular complexity index is 801. The highest BCUT2D eigenvalue weighted by Crippen LogP contribution is 2.31. The largest absolute Gasteiger partial charge is 0.423 e. The van der Waals surface area contributed by atoms with Crippen molar-refractivity contribution >= 4 is 16.9 Å². The molecule has 0 radical (unpaired) electrons. The number of esters is 1.